The number of carbonyl (C=O) groups excluding carboxylic acids is 1. The van der Waals surface area contributed by atoms with Crippen molar-refractivity contribution < 1.29 is 4.79 Å². The summed E-state index contributed by atoms with van der Waals surface area (Å²) in [7, 11) is 0. The predicted octanol–water partition coefficient (Wildman–Crippen LogP) is 6.24. The van der Waals surface area contributed by atoms with Crippen LogP contribution in [0.1, 0.15) is 46.8 Å². The summed E-state index contributed by atoms with van der Waals surface area (Å²) in [5.41, 5.74) is 3.24. The van der Waals surface area contributed by atoms with Crippen molar-refractivity contribution in [3.8, 4) is 0 Å². The van der Waals surface area contributed by atoms with Gasteiger partial charge in [-0.15, -0.1) is 0 Å². The SMILES string of the molecule is O=C(c1ccccn1)[C@@H]1[C@@H](c2ccc(CN(CCCBr)CCCBr)cc2)[C@@H]2C=C[C@H]1C2. The van der Waals surface area contributed by atoms with Crippen LogP contribution in [-0.2, 0) is 6.54 Å². The van der Waals surface area contributed by atoms with Crippen LogP contribution in [0.2, 0.25) is 0 Å². The van der Waals surface area contributed by atoms with Gasteiger partial charge in [-0.3, -0.25) is 14.7 Å². The molecule has 0 N–H and O–H groups in total. The number of halogens is 2. The molecule has 0 radical (unpaired) electrons. The van der Waals surface area contributed by atoms with E-state index in [4.69, 9.17) is 0 Å². The number of Topliss-reactive ketones (excluding diaryl/α,β-unsaturated/α-hetero) is 1. The minimum absolute atomic E-state index is 0.00473. The Bertz CT molecular complexity index is 876. The second kappa shape index (κ2) is 11.0. The van der Waals surface area contributed by atoms with Crippen molar-refractivity contribution in [2.24, 2.45) is 17.8 Å². The summed E-state index contributed by atoms with van der Waals surface area (Å²) in [4.78, 5) is 20.2. The second-order valence-electron chi connectivity index (χ2n) is 8.68. The lowest BCUT2D eigenvalue weighted by Gasteiger charge is -2.28. The lowest BCUT2D eigenvalue weighted by atomic mass is 9.75. The molecule has 164 valence electrons. The minimum atomic E-state index is 0.00473. The zero-order valence-electron chi connectivity index (χ0n) is 17.8. The Morgan fingerprint density at radius 1 is 0.968 bits per heavy atom. The molecule has 2 aliphatic carbocycles. The van der Waals surface area contributed by atoms with Gasteiger partial charge in [-0.05, 0) is 67.4 Å². The average Bonchev–Trinajstić information content (AvgIpc) is 3.43. The Hall–Kier alpha value is -1.30. The Labute approximate surface area is 202 Å². The van der Waals surface area contributed by atoms with Crippen LogP contribution in [0.4, 0.5) is 0 Å². The quantitative estimate of drug-likeness (QED) is 0.190. The second-order valence-corrected chi connectivity index (χ2v) is 10.3. The van der Waals surface area contributed by atoms with E-state index >= 15 is 0 Å². The highest BCUT2D eigenvalue weighted by molar-refractivity contribution is 9.09. The maximum atomic E-state index is 13.3. The molecular weight excluding hydrogens is 516 g/mol. The largest absolute Gasteiger partial charge is 0.299 e. The molecule has 4 atom stereocenters. The van der Waals surface area contributed by atoms with Crippen LogP contribution in [0.3, 0.4) is 0 Å². The van der Waals surface area contributed by atoms with Crippen LogP contribution in [0.5, 0.6) is 0 Å². The van der Waals surface area contributed by atoms with E-state index in [2.05, 4.69) is 78.2 Å². The molecule has 1 fully saturated rings. The van der Waals surface area contributed by atoms with Gasteiger partial charge in [-0.1, -0.05) is 74.3 Å². The molecule has 2 bridgehead atoms. The molecule has 2 aliphatic rings. The van der Waals surface area contributed by atoms with E-state index in [0.717, 1.165) is 49.6 Å². The Kier molecular flexibility index (Phi) is 8.13. The smallest absolute Gasteiger partial charge is 0.185 e. The first-order valence-corrected chi connectivity index (χ1v) is 13.5. The van der Waals surface area contributed by atoms with Crippen molar-refractivity contribution in [2.45, 2.75) is 31.7 Å². The third-order valence-electron chi connectivity index (χ3n) is 6.67. The van der Waals surface area contributed by atoms with Gasteiger partial charge in [-0.25, -0.2) is 0 Å². The van der Waals surface area contributed by atoms with E-state index in [1.165, 1.54) is 11.1 Å². The molecule has 0 unspecified atom stereocenters. The van der Waals surface area contributed by atoms with Crippen LogP contribution in [0.15, 0.2) is 60.8 Å². The van der Waals surface area contributed by atoms with Crippen molar-refractivity contribution in [1.82, 2.24) is 9.88 Å². The highest BCUT2D eigenvalue weighted by atomic mass is 79.9. The van der Waals surface area contributed by atoms with Gasteiger partial charge in [0.15, 0.2) is 5.78 Å². The van der Waals surface area contributed by atoms with E-state index in [1.807, 2.05) is 18.2 Å². The van der Waals surface area contributed by atoms with Crippen LogP contribution >= 0.6 is 31.9 Å². The minimum Gasteiger partial charge on any atom is -0.299 e. The summed E-state index contributed by atoms with van der Waals surface area (Å²) in [6.45, 7) is 3.20. The lowest BCUT2D eigenvalue weighted by Crippen LogP contribution is -2.27. The molecule has 0 spiro atoms. The molecule has 1 aromatic heterocycles. The molecule has 1 heterocycles. The number of benzene rings is 1. The first kappa shape index (κ1) is 22.9. The van der Waals surface area contributed by atoms with Gasteiger partial charge >= 0.3 is 0 Å². The van der Waals surface area contributed by atoms with Crippen molar-refractivity contribution in [3.63, 3.8) is 0 Å². The highest BCUT2D eigenvalue weighted by Gasteiger charge is 2.48. The van der Waals surface area contributed by atoms with Gasteiger partial charge in [0.05, 0.1) is 0 Å². The average molecular weight is 546 g/mol. The maximum Gasteiger partial charge on any atom is 0.185 e. The lowest BCUT2D eigenvalue weighted by molar-refractivity contribution is 0.0881. The molecule has 0 saturated heterocycles. The Morgan fingerprint density at radius 3 is 2.32 bits per heavy atom. The Balaban J connectivity index is 1.49. The van der Waals surface area contributed by atoms with Gasteiger partial charge in [0, 0.05) is 35.2 Å². The van der Waals surface area contributed by atoms with Gasteiger partial charge in [-0.2, -0.15) is 0 Å². The van der Waals surface area contributed by atoms with E-state index < -0.39 is 0 Å². The molecule has 1 aromatic carbocycles. The fourth-order valence-electron chi connectivity index (χ4n) is 5.25. The van der Waals surface area contributed by atoms with Crippen LogP contribution < -0.4 is 0 Å². The zero-order valence-corrected chi connectivity index (χ0v) is 21.0. The monoisotopic (exact) mass is 544 g/mol. The number of carbonyl (C=O) groups is 1. The van der Waals surface area contributed by atoms with E-state index in [0.29, 0.717) is 17.5 Å². The first-order valence-electron chi connectivity index (χ1n) is 11.3. The van der Waals surface area contributed by atoms with Crippen molar-refractivity contribution in [2.75, 3.05) is 23.7 Å². The number of fused-ring (bicyclic) bond motifs is 2. The van der Waals surface area contributed by atoms with Gasteiger partial charge in [0.2, 0.25) is 0 Å². The van der Waals surface area contributed by atoms with E-state index in [1.54, 1.807) is 6.20 Å². The Morgan fingerprint density at radius 2 is 1.68 bits per heavy atom. The zero-order chi connectivity index (χ0) is 21.6. The molecule has 1 saturated carbocycles. The fourth-order valence-corrected chi connectivity index (χ4v) is 5.76. The number of hydrogen-bond acceptors (Lipinski definition) is 3. The summed E-state index contributed by atoms with van der Waals surface area (Å²) < 4.78 is 0. The summed E-state index contributed by atoms with van der Waals surface area (Å²) in [5, 5.41) is 2.08. The molecule has 5 heteroatoms. The third kappa shape index (κ3) is 5.37. The van der Waals surface area contributed by atoms with Gasteiger partial charge < -0.3 is 0 Å². The van der Waals surface area contributed by atoms with Crippen LogP contribution in [0.25, 0.3) is 0 Å². The number of alkyl halides is 2. The summed E-state index contributed by atoms with van der Waals surface area (Å²) in [5.74, 6) is 1.26. The molecule has 0 amide bonds. The fraction of sp³-hybridized carbons (Fsp3) is 0.462. The number of nitrogens with zero attached hydrogens (tertiary/aromatic N) is 2. The third-order valence-corrected chi connectivity index (χ3v) is 7.79. The number of ketones is 1. The number of pyridine rings is 1. The number of rotatable bonds is 11. The van der Waals surface area contributed by atoms with Crippen molar-refractivity contribution >= 4 is 37.6 Å². The highest BCUT2D eigenvalue weighted by Crippen LogP contribution is 2.53. The molecular formula is C26H30Br2N2O. The van der Waals surface area contributed by atoms with Crippen molar-refractivity contribution in [3.05, 3.63) is 77.6 Å². The molecule has 4 rings (SSSR count). The molecule has 0 aliphatic heterocycles. The van der Waals surface area contributed by atoms with E-state index in [9.17, 15) is 4.79 Å². The van der Waals surface area contributed by atoms with Gasteiger partial charge in [0.1, 0.15) is 5.69 Å². The first-order chi connectivity index (χ1) is 15.2. The molecule has 3 nitrogen and oxygen atoms in total. The van der Waals surface area contributed by atoms with Crippen LogP contribution in [-0.4, -0.2) is 39.4 Å². The van der Waals surface area contributed by atoms with E-state index in [-0.39, 0.29) is 17.6 Å². The summed E-state index contributed by atoms with van der Waals surface area (Å²) in [6, 6.07) is 14.7. The number of aromatic nitrogens is 1. The number of allylic oxidation sites excluding steroid dienone is 2. The number of hydrogen-bond donors (Lipinski definition) is 0. The molecule has 31 heavy (non-hydrogen) atoms. The van der Waals surface area contributed by atoms with Crippen molar-refractivity contribution in [1.29, 1.82) is 0 Å². The van der Waals surface area contributed by atoms with Gasteiger partial charge in [0.25, 0.3) is 0 Å². The maximum absolute atomic E-state index is 13.3. The topological polar surface area (TPSA) is 33.2 Å². The molecule has 2 aromatic rings. The van der Waals surface area contributed by atoms with Crippen LogP contribution in [0, 0.1) is 17.8 Å². The normalized spacial score (nSPS) is 24.2. The summed E-state index contributed by atoms with van der Waals surface area (Å²) >= 11 is 7.11. The summed E-state index contributed by atoms with van der Waals surface area (Å²) in [6.07, 6.45) is 9.71. The standard InChI is InChI=1S/C26H30Br2N2O/c27-12-3-15-30(16-4-13-28)18-19-6-8-20(9-7-19)24-21-10-11-22(17-21)25(24)26(31)23-5-1-2-14-29-23/h1-2,5-11,14,21-22,24-25H,3-4,12-13,15-18H2/t21-,22+,24+,25+/m1/s1. The predicted molar refractivity (Wildman–Crippen MR) is 134 cm³/mol.